The highest BCUT2D eigenvalue weighted by atomic mass is 35.5. The summed E-state index contributed by atoms with van der Waals surface area (Å²) in [5, 5.41) is 0.661. The molecule has 1 aliphatic heterocycles. The molecule has 1 aromatic rings. The number of carbonyl (C=O) groups excluding carboxylic acids is 1. The van der Waals surface area contributed by atoms with Gasteiger partial charge in [0, 0.05) is 16.5 Å². The van der Waals surface area contributed by atoms with E-state index in [4.69, 9.17) is 16.3 Å². The average molecular weight is 227 g/mol. The second-order valence-electron chi connectivity index (χ2n) is 3.47. The summed E-state index contributed by atoms with van der Waals surface area (Å²) in [5.41, 5.74) is 0.993. The molecular weight excluding hydrogens is 216 g/mol. The van der Waals surface area contributed by atoms with Gasteiger partial charge in [-0.15, -0.1) is 0 Å². The number of carbonyl (C=O) groups is 1. The summed E-state index contributed by atoms with van der Waals surface area (Å²) >= 11 is 5.89. The minimum atomic E-state index is -0.226. The summed E-state index contributed by atoms with van der Waals surface area (Å²) < 4.78 is 10.1. The fourth-order valence-electron chi connectivity index (χ4n) is 1.70. The molecule has 0 amide bonds. The Morgan fingerprint density at radius 3 is 3.20 bits per heavy atom. The number of hydrogen-bond donors (Lipinski definition) is 0. The fourth-order valence-corrected chi connectivity index (χ4v) is 1.88. The van der Waals surface area contributed by atoms with Crippen molar-refractivity contribution in [2.45, 2.75) is 12.3 Å². The summed E-state index contributed by atoms with van der Waals surface area (Å²) in [7, 11) is 1.39. The molecule has 0 spiro atoms. The van der Waals surface area contributed by atoms with Crippen LogP contribution in [0, 0.1) is 0 Å². The molecule has 0 N–H and O–H groups in total. The van der Waals surface area contributed by atoms with Gasteiger partial charge in [0.25, 0.3) is 0 Å². The molecule has 0 saturated heterocycles. The number of hydrogen-bond acceptors (Lipinski definition) is 3. The van der Waals surface area contributed by atoms with E-state index in [9.17, 15) is 4.79 Å². The van der Waals surface area contributed by atoms with E-state index in [0.29, 0.717) is 18.1 Å². The van der Waals surface area contributed by atoms with E-state index < -0.39 is 0 Å². The van der Waals surface area contributed by atoms with E-state index in [0.717, 1.165) is 11.3 Å². The Bertz CT molecular complexity index is 389. The first-order chi connectivity index (χ1) is 7.20. The second-order valence-corrected chi connectivity index (χ2v) is 3.91. The minimum Gasteiger partial charge on any atom is -0.493 e. The molecule has 0 bridgehead atoms. The van der Waals surface area contributed by atoms with E-state index in [1.807, 2.05) is 12.1 Å². The highest BCUT2D eigenvalue weighted by Crippen LogP contribution is 2.37. The van der Waals surface area contributed by atoms with Crippen LogP contribution in [0.1, 0.15) is 17.9 Å². The van der Waals surface area contributed by atoms with Crippen molar-refractivity contribution in [3.8, 4) is 5.75 Å². The largest absolute Gasteiger partial charge is 0.493 e. The normalized spacial score (nSPS) is 18.1. The molecule has 0 unspecified atom stereocenters. The zero-order valence-electron chi connectivity index (χ0n) is 8.33. The van der Waals surface area contributed by atoms with Gasteiger partial charge in [-0.1, -0.05) is 11.6 Å². The summed E-state index contributed by atoms with van der Waals surface area (Å²) in [6.07, 6.45) is 0.337. The molecule has 1 aromatic carbocycles. The molecular formula is C11H11ClO3. The maximum atomic E-state index is 11.2. The maximum Gasteiger partial charge on any atom is 0.306 e. The Hall–Kier alpha value is -1.22. The average Bonchev–Trinajstić information content (AvgIpc) is 2.61. The highest BCUT2D eigenvalue weighted by molar-refractivity contribution is 6.30. The molecule has 4 heteroatoms. The van der Waals surface area contributed by atoms with Gasteiger partial charge in [0.05, 0.1) is 20.1 Å². The molecule has 1 atom stereocenters. The molecule has 3 nitrogen and oxygen atoms in total. The SMILES string of the molecule is COC(=O)C[C@H]1COc2ccc(Cl)cc21. The van der Waals surface area contributed by atoms with Gasteiger partial charge in [-0.2, -0.15) is 0 Å². The lowest BCUT2D eigenvalue weighted by atomic mass is 9.98. The van der Waals surface area contributed by atoms with Crippen molar-refractivity contribution in [1.82, 2.24) is 0 Å². The number of methoxy groups -OCH3 is 1. The van der Waals surface area contributed by atoms with Crippen LogP contribution in [0.15, 0.2) is 18.2 Å². The molecule has 15 heavy (non-hydrogen) atoms. The van der Waals surface area contributed by atoms with Crippen molar-refractivity contribution >= 4 is 17.6 Å². The van der Waals surface area contributed by atoms with Crippen molar-refractivity contribution in [3.05, 3.63) is 28.8 Å². The third-order valence-corrected chi connectivity index (χ3v) is 2.73. The van der Waals surface area contributed by atoms with E-state index in [1.165, 1.54) is 7.11 Å². The number of benzene rings is 1. The van der Waals surface area contributed by atoms with E-state index in [1.54, 1.807) is 6.07 Å². The summed E-state index contributed by atoms with van der Waals surface area (Å²) in [6, 6.07) is 5.45. The highest BCUT2D eigenvalue weighted by Gasteiger charge is 2.26. The first-order valence-corrected chi connectivity index (χ1v) is 5.07. The van der Waals surface area contributed by atoms with Crippen molar-refractivity contribution in [2.75, 3.05) is 13.7 Å². The van der Waals surface area contributed by atoms with Gasteiger partial charge in [0.15, 0.2) is 0 Å². The Morgan fingerprint density at radius 1 is 1.67 bits per heavy atom. The van der Waals surface area contributed by atoms with Crippen molar-refractivity contribution in [1.29, 1.82) is 0 Å². The number of ether oxygens (including phenoxy) is 2. The lowest BCUT2D eigenvalue weighted by molar-refractivity contribution is -0.141. The standard InChI is InChI=1S/C11H11ClO3/c1-14-11(13)4-7-6-15-10-3-2-8(12)5-9(7)10/h2-3,5,7H,4,6H2,1H3/t7-/m0/s1. The second kappa shape index (κ2) is 4.11. The third-order valence-electron chi connectivity index (χ3n) is 2.49. The molecule has 0 aromatic heterocycles. The zero-order chi connectivity index (χ0) is 10.8. The quantitative estimate of drug-likeness (QED) is 0.727. The van der Waals surface area contributed by atoms with Crippen LogP contribution in [0.3, 0.4) is 0 Å². The van der Waals surface area contributed by atoms with E-state index in [2.05, 4.69) is 4.74 Å². The summed E-state index contributed by atoms with van der Waals surface area (Å²) in [6.45, 7) is 0.519. The Balaban J connectivity index is 2.20. The molecule has 80 valence electrons. The van der Waals surface area contributed by atoms with Crippen LogP contribution in [0.2, 0.25) is 5.02 Å². The van der Waals surface area contributed by atoms with Crippen molar-refractivity contribution in [2.24, 2.45) is 0 Å². The Morgan fingerprint density at radius 2 is 2.47 bits per heavy atom. The van der Waals surface area contributed by atoms with Crippen LogP contribution in [0.4, 0.5) is 0 Å². The fraction of sp³-hybridized carbons (Fsp3) is 0.364. The van der Waals surface area contributed by atoms with Gasteiger partial charge in [-0.25, -0.2) is 0 Å². The summed E-state index contributed by atoms with van der Waals surface area (Å²) in [4.78, 5) is 11.2. The van der Waals surface area contributed by atoms with Crippen LogP contribution in [0.5, 0.6) is 5.75 Å². The molecule has 1 aliphatic rings. The topological polar surface area (TPSA) is 35.5 Å². The predicted octanol–water partition coefficient (Wildman–Crippen LogP) is 2.38. The predicted molar refractivity (Wildman–Crippen MR) is 56.3 cm³/mol. The Labute approximate surface area is 92.9 Å². The number of fused-ring (bicyclic) bond motifs is 1. The molecule has 0 saturated carbocycles. The zero-order valence-corrected chi connectivity index (χ0v) is 9.08. The van der Waals surface area contributed by atoms with Crippen LogP contribution < -0.4 is 4.74 Å². The van der Waals surface area contributed by atoms with Crippen molar-refractivity contribution < 1.29 is 14.3 Å². The lowest BCUT2D eigenvalue weighted by Crippen LogP contribution is -2.09. The first kappa shape index (κ1) is 10.3. The van der Waals surface area contributed by atoms with Gasteiger partial charge < -0.3 is 9.47 Å². The number of esters is 1. The van der Waals surface area contributed by atoms with Crippen LogP contribution in [0.25, 0.3) is 0 Å². The van der Waals surface area contributed by atoms with Crippen LogP contribution in [-0.4, -0.2) is 19.7 Å². The van der Waals surface area contributed by atoms with Gasteiger partial charge >= 0.3 is 5.97 Å². The smallest absolute Gasteiger partial charge is 0.306 e. The molecule has 2 rings (SSSR count). The minimum absolute atomic E-state index is 0.0612. The molecule has 0 aliphatic carbocycles. The molecule has 0 radical (unpaired) electrons. The van der Waals surface area contributed by atoms with Crippen LogP contribution >= 0.6 is 11.6 Å². The van der Waals surface area contributed by atoms with Gasteiger partial charge in [0.2, 0.25) is 0 Å². The van der Waals surface area contributed by atoms with E-state index >= 15 is 0 Å². The Kier molecular flexibility index (Phi) is 2.82. The molecule has 1 heterocycles. The molecule has 0 fully saturated rings. The van der Waals surface area contributed by atoms with Gasteiger partial charge in [-0.3, -0.25) is 4.79 Å². The maximum absolute atomic E-state index is 11.2. The van der Waals surface area contributed by atoms with Gasteiger partial charge in [0.1, 0.15) is 5.75 Å². The van der Waals surface area contributed by atoms with Crippen LogP contribution in [-0.2, 0) is 9.53 Å². The number of rotatable bonds is 2. The van der Waals surface area contributed by atoms with E-state index in [-0.39, 0.29) is 11.9 Å². The number of halogens is 1. The van der Waals surface area contributed by atoms with Gasteiger partial charge in [-0.05, 0) is 18.2 Å². The van der Waals surface area contributed by atoms with Crippen molar-refractivity contribution in [3.63, 3.8) is 0 Å². The first-order valence-electron chi connectivity index (χ1n) is 4.70. The monoisotopic (exact) mass is 226 g/mol. The third kappa shape index (κ3) is 2.07. The lowest BCUT2D eigenvalue weighted by Gasteiger charge is -2.06. The summed E-state index contributed by atoms with van der Waals surface area (Å²) in [5.74, 6) is 0.649.